The van der Waals surface area contributed by atoms with Crippen molar-refractivity contribution in [3.05, 3.63) is 137 Å². The Balaban J connectivity index is 1.52. The number of fused-ring (bicyclic) bond motifs is 6. The third kappa shape index (κ3) is 3.82. The molecule has 0 radical (unpaired) electrons. The van der Waals surface area contributed by atoms with Crippen LogP contribution < -0.4 is 10.1 Å². The Kier molecular flexibility index (Phi) is 6.17. The standard InChI is InChI=1S/C35H24FN3O4/c36-23-15-13-22(14-16-23)31(40)29-30(32(41)25-9-3-6-12-28(25)43-20-18-37)39-19-17-21-7-1-2-8-24(21)33(39)35(29)26-10-4-5-11-27(26)38-34(35)42/h1-17,19,29-30,33H,20H2,(H,38,42). The number of nitrogens with zero attached hydrogens (tertiary/aromatic N) is 2. The lowest BCUT2D eigenvalue weighted by Gasteiger charge is -2.38. The number of carbonyl (C=O) groups is 3. The van der Waals surface area contributed by atoms with E-state index in [9.17, 15) is 18.8 Å². The van der Waals surface area contributed by atoms with Crippen LogP contribution in [0, 0.1) is 23.1 Å². The van der Waals surface area contributed by atoms with Gasteiger partial charge >= 0.3 is 0 Å². The molecule has 43 heavy (non-hydrogen) atoms. The maximum Gasteiger partial charge on any atom is 0.238 e. The van der Waals surface area contributed by atoms with Gasteiger partial charge in [0.05, 0.1) is 17.5 Å². The van der Waals surface area contributed by atoms with Crippen molar-refractivity contribution in [2.45, 2.75) is 17.5 Å². The smallest absolute Gasteiger partial charge is 0.238 e. The van der Waals surface area contributed by atoms with Gasteiger partial charge in [-0.15, -0.1) is 0 Å². The van der Waals surface area contributed by atoms with Crippen LogP contribution in [0.5, 0.6) is 5.75 Å². The van der Waals surface area contributed by atoms with Gasteiger partial charge in [-0.1, -0.05) is 54.6 Å². The van der Waals surface area contributed by atoms with Crippen LogP contribution >= 0.6 is 0 Å². The van der Waals surface area contributed by atoms with Gasteiger partial charge in [0.1, 0.15) is 29.1 Å². The Morgan fingerprint density at radius 2 is 1.65 bits per heavy atom. The predicted octanol–water partition coefficient (Wildman–Crippen LogP) is 5.71. The van der Waals surface area contributed by atoms with Crippen molar-refractivity contribution in [2.75, 3.05) is 11.9 Å². The number of ketones is 2. The minimum atomic E-state index is -1.51. The number of rotatable bonds is 6. The van der Waals surface area contributed by atoms with Crippen LogP contribution in [0.2, 0.25) is 0 Å². The number of hydrogen-bond acceptors (Lipinski definition) is 6. The average Bonchev–Trinajstić information content (AvgIpc) is 3.52. The summed E-state index contributed by atoms with van der Waals surface area (Å²) in [6.45, 7) is -0.272. The SMILES string of the molecule is N#CCOc1ccccc1C(=O)C1C(C(=O)c2ccc(F)cc2)C2(C(=O)Nc3ccccc32)C2c3ccccc3C=CN12. The fourth-order valence-corrected chi connectivity index (χ4v) is 7.03. The molecule has 0 aliphatic carbocycles. The molecule has 1 amide bonds. The second kappa shape index (κ2) is 10.1. The number of ether oxygens (including phenoxy) is 1. The number of para-hydroxylation sites is 2. The monoisotopic (exact) mass is 569 g/mol. The van der Waals surface area contributed by atoms with Gasteiger partial charge in [0.25, 0.3) is 0 Å². The van der Waals surface area contributed by atoms with Gasteiger partial charge in [-0.25, -0.2) is 4.39 Å². The zero-order chi connectivity index (χ0) is 29.7. The van der Waals surface area contributed by atoms with Gasteiger partial charge in [0.2, 0.25) is 5.91 Å². The van der Waals surface area contributed by atoms with E-state index < -0.39 is 46.7 Å². The second-order valence-electron chi connectivity index (χ2n) is 10.8. The summed E-state index contributed by atoms with van der Waals surface area (Å²) in [5.74, 6) is -2.79. The fraction of sp³-hybridized carbons (Fsp3) is 0.143. The summed E-state index contributed by atoms with van der Waals surface area (Å²) in [5.41, 5.74) is 1.73. The Labute approximate surface area is 246 Å². The van der Waals surface area contributed by atoms with Crippen molar-refractivity contribution in [3.8, 4) is 11.8 Å². The Morgan fingerprint density at radius 1 is 0.930 bits per heavy atom. The summed E-state index contributed by atoms with van der Waals surface area (Å²) >= 11 is 0. The lowest BCUT2D eigenvalue weighted by molar-refractivity contribution is -0.122. The summed E-state index contributed by atoms with van der Waals surface area (Å²) < 4.78 is 19.6. The Hall–Kier alpha value is -5.55. The van der Waals surface area contributed by atoms with E-state index in [1.165, 1.54) is 24.3 Å². The maximum atomic E-state index is 14.8. The predicted molar refractivity (Wildman–Crippen MR) is 157 cm³/mol. The summed E-state index contributed by atoms with van der Waals surface area (Å²) in [6.07, 6.45) is 3.66. The van der Waals surface area contributed by atoms with E-state index in [0.717, 1.165) is 11.1 Å². The van der Waals surface area contributed by atoms with Crippen LogP contribution in [0.25, 0.3) is 6.08 Å². The zero-order valence-corrected chi connectivity index (χ0v) is 22.7. The van der Waals surface area contributed by atoms with Crippen LogP contribution in [0.1, 0.15) is 43.4 Å². The number of amides is 1. The number of Topliss-reactive ketones (excluding diaryl/α,β-unsaturated/α-hetero) is 2. The van der Waals surface area contributed by atoms with E-state index in [4.69, 9.17) is 10.00 Å². The molecule has 8 heteroatoms. The molecule has 4 atom stereocenters. The molecular formula is C35H24FN3O4. The molecule has 1 saturated heterocycles. The highest BCUT2D eigenvalue weighted by Crippen LogP contribution is 2.62. The Bertz CT molecular complexity index is 1880. The quantitative estimate of drug-likeness (QED) is 0.299. The summed E-state index contributed by atoms with van der Waals surface area (Å²) in [4.78, 5) is 45.8. The van der Waals surface area contributed by atoms with Gasteiger partial charge in [-0.2, -0.15) is 5.26 Å². The lowest BCUT2D eigenvalue weighted by Crippen LogP contribution is -2.49. The molecule has 4 aromatic rings. The molecule has 1 spiro atoms. The maximum absolute atomic E-state index is 14.8. The first kappa shape index (κ1) is 26.4. The van der Waals surface area contributed by atoms with Crippen LogP contribution in [0.3, 0.4) is 0 Å². The molecule has 1 fully saturated rings. The van der Waals surface area contributed by atoms with Crippen molar-refractivity contribution >= 4 is 29.2 Å². The molecule has 7 nitrogen and oxygen atoms in total. The van der Waals surface area contributed by atoms with Crippen molar-refractivity contribution in [2.24, 2.45) is 5.92 Å². The molecule has 210 valence electrons. The molecule has 0 aromatic heterocycles. The molecule has 1 N–H and O–H groups in total. The topological polar surface area (TPSA) is 99.5 Å². The number of halogens is 1. The highest BCUT2D eigenvalue weighted by molar-refractivity contribution is 6.17. The number of benzene rings is 4. The fourth-order valence-electron chi connectivity index (χ4n) is 7.03. The first-order valence-corrected chi connectivity index (χ1v) is 13.8. The van der Waals surface area contributed by atoms with Crippen molar-refractivity contribution in [1.29, 1.82) is 5.26 Å². The Morgan fingerprint density at radius 3 is 2.47 bits per heavy atom. The van der Waals surface area contributed by atoms with Gasteiger partial charge in [-0.3, -0.25) is 14.4 Å². The van der Waals surface area contributed by atoms with Crippen LogP contribution in [0.15, 0.2) is 103 Å². The number of nitrogens with one attached hydrogen (secondary N) is 1. The number of nitriles is 1. The highest BCUT2D eigenvalue weighted by atomic mass is 19.1. The minimum Gasteiger partial charge on any atom is -0.478 e. The van der Waals surface area contributed by atoms with Crippen molar-refractivity contribution in [3.63, 3.8) is 0 Å². The van der Waals surface area contributed by atoms with E-state index in [1.807, 2.05) is 59.5 Å². The van der Waals surface area contributed by atoms with E-state index in [1.54, 1.807) is 36.5 Å². The molecule has 4 aromatic carbocycles. The van der Waals surface area contributed by atoms with E-state index >= 15 is 0 Å². The lowest BCUT2D eigenvalue weighted by atomic mass is 9.62. The second-order valence-corrected chi connectivity index (χ2v) is 10.8. The normalized spacial score (nSPS) is 22.7. The average molecular weight is 570 g/mol. The summed E-state index contributed by atoms with van der Waals surface area (Å²) in [6, 6.07) is 26.7. The number of anilines is 1. The number of hydrogen-bond donors (Lipinski definition) is 1. The van der Waals surface area contributed by atoms with Crippen LogP contribution in [-0.4, -0.2) is 35.0 Å². The molecule has 7 rings (SSSR count). The molecule has 0 saturated carbocycles. The molecule has 3 aliphatic rings. The minimum absolute atomic E-state index is 0.187. The van der Waals surface area contributed by atoms with E-state index in [2.05, 4.69) is 5.32 Å². The van der Waals surface area contributed by atoms with E-state index in [0.29, 0.717) is 11.3 Å². The first-order valence-electron chi connectivity index (χ1n) is 13.8. The number of carbonyl (C=O) groups excluding carboxylic acids is 3. The van der Waals surface area contributed by atoms with E-state index in [-0.39, 0.29) is 23.5 Å². The third-order valence-corrected chi connectivity index (χ3v) is 8.70. The molecule has 3 aliphatic heterocycles. The molecular weight excluding hydrogens is 545 g/mol. The molecule has 4 unspecified atom stereocenters. The van der Waals surface area contributed by atoms with Gasteiger partial charge < -0.3 is 15.0 Å². The van der Waals surface area contributed by atoms with Gasteiger partial charge in [0.15, 0.2) is 18.2 Å². The van der Waals surface area contributed by atoms with Crippen molar-refractivity contribution < 1.29 is 23.5 Å². The first-order chi connectivity index (χ1) is 21.0. The highest BCUT2D eigenvalue weighted by Gasteiger charge is 2.70. The third-order valence-electron chi connectivity index (χ3n) is 8.70. The molecule has 0 bridgehead atoms. The van der Waals surface area contributed by atoms with Crippen LogP contribution in [-0.2, 0) is 10.2 Å². The van der Waals surface area contributed by atoms with Gasteiger partial charge in [0, 0.05) is 17.5 Å². The van der Waals surface area contributed by atoms with Crippen LogP contribution in [0.4, 0.5) is 10.1 Å². The summed E-state index contributed by atoms with van der Waals surface area (Å²) in [5, 5.41) is 12.1. The largest absolute Gasteiger partial charge is 0.478 e. The van der Waals surface area contributed by atoms with Gasteiger partial charge in [-0.05, 0) is 65.2 Å². The molecule has 3 heterocycles. The summed E-state index contributed by atoms with van der Waals surface area (Å²) in [7, 11) is 0. The van der Waals surface area contributed by atoms with Crippen molar-refractivity contribution in [1.82, 2.24) is 4.90 Å². The zero-order valence-electron chi connectivity index (χ0n) is 22.7.